The van der Waals surface area contributed by atoms with Crippen LogP contribution in [0.15, 0.2) is 54.6 Å². The summed E-state index contributed by atoms with van der Waals surface area (Å²) in [6.45, 7) is 0. The molecule has 0 aromatic heterocycles. The third-order valence-electron chi connectivity index (χ3n) is 2.78. The van der Waals surface area contributed by atoms with Gasteiger partial charge in [-0.3, -0.25) is 20.4 Å². The van der Waals surface area contributed by atoms with Crippen LogP contribution in [0, 0.1) is 0 Å². The van der Waals surface area contributed by atoms with Gasteiger partial charge in [0.05, 0.1) is 16.3 Å². The van der Waals surface area contributed by atoms with E-state index >= 15 is 0 Å². The normalized spacial score (nSPS) is 10.0. The van der Waals surface area contributed by atoms with E-state index in [0.717, 1.165) is 11.3 Å². The van der Waals surface area contributed by atoms with E-state index in [1.165, 1.54) is 11.8 Å². The van der Waals surface area contributed by atoms with E-state index in [0.29, 0.717) is 10.6 Å². The molecule has 2 aromatic carbocycles. The highest BCUT2D eigenvalue weighted by Crippen LogP contribution is 2.14. The van der Waals surface area contributed by atoms with Crippen molar-refractivity contribution in [2.45, 2.75) is 5.75 Å². The Labute approximate surface area is 138 Å². The molecule has 0 unspecified atom stereocenters. The van der Waals surface area contributed by atoms with Gasteiger partial charge < -0.3 is 0 Å². The molecule has 6 heteroatoms. The van der Waals surface area contributed by atoms with Crippen LogP contribution in [0.25, 0.3) is 0 Å². The zero-order valence-electron chi connectivity index (χ0n) is 11.7. The lowest BCUT2D eigenvalue weighted by Gasteiger charge is -2.08. The van der Waals surface area contributed by atoms with E-state index < -0.39 is 5.91 Å². The molecule has 0 aliphatic carbocycles. The molecule has 0 heterocycles. The molecule has 2 N–H and O–H groups in total. The molecule has 0 aliphatic rings. The van der Waals surface area contributed by atoms with Crippen molar-refractivity contribution in [3.63, 3.8) is 0 Å². The van der Waals surface area contributed by atoms with E-state index in [2.05, 4.69) is 10.9 Å². The van der Waals surface area contributed by atoms with Crippen molar-refractivity contribution in [3.05, 3.63) is 70.7 Å². The van der Waals surface area contributed by atoms with Gasteiger partial charge in [-0.25, -0.2) is 0 Å². The van der Waals surface area contributed by atoms with Crippen molar-refractivity contribution >= 4 is 35.2 Å². The van der Waals surface area contributed by atoms with Gasteiger partial charge in [0.1, 0.15) is 0 Å². The maximum Gasteiger partial charge on any atom is 0.271 e. The van der Waals surface area contributed by atoms with Crippen LogP contribution in [0.2, 0.25) is 5.02 Å². The molecule has 114 valence electrons. The summed E-state index contributed by atoms with van der Waals surface area (Å²) in [7, 11) is 0. The first kappa shape index (κ1) is 16.4. The standard InChI is InChI=1S/C16H15ClN2O2S/c17-14-9-5-4-8-13(14)16(21)19-18-15(20)11-22-10-12-6-2-1-3-7-12/h1-9H,10-11H2,(H,18,20)(H,19,21). The fourth-order valence-corrected chi connectivity index (χ4v) is 2.72. The molecule has 0 atom stereocenters. The fourth-order valence-electron chi connectivity index (χ4n) is 1.71. The molecule has 2 rings (SSSR count). The van der Waals surface area contributed by atoms with Crippen molar-refractivity contribution in [1.82, 2.24) is 10.9 Å². The number of carbonyl (C=O) groups excluding carboxylic acids is 2. The molecule has 0 aliphatic heterocycles. The van der Waals surface area contributed by atoms with Crippen molar-refractivity contribution in [2.75, 3.05) is 5.75 Å². The third kappa shape index (κ3) is 5.09. The van der Waals surface area contributed by atoms with E-state index in [9.17, 15) is 9.59 Å². The molecule has 0 spiro atoms. The number of amides is 2. The Morgan fingerprint density at radius 1 is 0.955 bits per heavy atom. The topological polar surface area (TPSA) is 58.2 Å². The minimum Gasteiger partial charge on any atom is -0.272 e. The van der Waals surface area contributed by atoms with Gasteiger partial charge in [-0.2, -0.15) is 0 Å². The molecular weight excluding hydrogens is 320 g/mol. The van der Waals surface area contributed by atoms with E-state index in [1.54, 1.807) is 24.3 Å². The molecule has 4 nitrogen and oxygen atoms in total. The second-order valence-electron chi connectivity index (χ2n) is 4.46. The first-order chi connectivity index (χ1) is 10.7. The average molecular weight is 335 g/mol. The number of hydrogen-bond acceptors (Lipinski definition) is 3. The monoisotopic (exact) mass is 334 g/mol. The number of hydrazine groups is 1. The minimum absolute atomic E-state index is 0.262. The number of thioether (sulfide) groups is 1. The molecule has 22 heavy (non-hydrogen) atoms. The third-order valence-corrected chi connectivity index (χ3v) is 4.11. The molecular formula is C16H15ClN2O2S. The van der Waals surface area contributed by atoms with Gasteiger partial charge in [0.25, 0.3) is 5.91 Å². The van der Waals surface area contributed by atoms with Gasteiger partial charge in [-0.15, -0.1) is 11.8 Å². The molecule has 0 bridgehead atoms. The quantitative estimate of drug-likeness (QED) is 0.826. The number of nitrogens with one attached hydrogen (secondary N) is 2. The maximum atomic E-state index is 11.8. The van der Waals surface area contributed by atoms with E-state index in [1.807, 2.05) is 30.3 Å². The Kier molecular flexibility index (Phi) is 6.30. The molecule has 0 saturated heterocycles. The summed E-state index contributed by atoms with van der Waals surface area (Å²) in [5.41, 5.74) is 6.20. The number of hydrogen-bond donors (Lipinski definition) is 2. The van der Waals surface area contributed by atoms with Crippen LogP contribution < -0.4 is 10.9 Å². The molecule has 0 fully saturated rings. The van der Waals surface area contributed by atoms with Crippen molar-refractivity contribution in [1.29, 1.82) is 0 Å². The lowest BCUT2D eigenvalue weighted by molar-refractivity contribution is -0.119. The zero-order valence-corrected chi connectivity index (χ0v) is 13.3. The van der Waals surface area contributed by atoms with Gasteiger partial charge in [-0.05, 0) is 17.7 Å². The highest BCUT2D eigenvalue weighted by molar-refractivity contribution is 7.99. The second-order valence-corrected chi connectivity index (χ2v) is 5.85. The lowest BCUT2D eigenvalue weighted by atomic mass is 10.2. The number of benzene rings is 2. The Balaban J connectivity index is 1.72. The largest absolute Gasteiger partial charge is 0.272 e. The second kappa shape index (κ2) is 8.46. The SMILES string of the molecule is O=C(CSCc1ccccc1)NNC(=O)c1ccccc1Cl. The van der Waals surface area contributed by atoms with Gasteiger partial charge in [-0.1, -0.05) is 54.1 Å². The number of rotatable bonds is 5. The summed E-state index contributed by atoms with van der Waals surface area (Å²) in [5, 5.41) is 0.340. The summed E-state index contributed by atoms with van der Waals surface area (Å²) in [5.74, 6) is 0.304. The van der Waals surface area contributed by atoms with Crippen LogP contribution in [0.1, 0.15) is 15.9 Å². The van der Waals surface area contributed by atoms with Crippen molar-refractivity contribution < 1.29 is 9.59 Å². The Hall–Kier alpha value is -1.98. The molecule has 0 saturated carbocycles. The molecule has 2 amide bonds. The Morgan fingerprint density at radius 3 is 2.36 bits per heavy atom. The van der Waals surface area contributed by atoms with Crippen LogP contribution in [0.3, 0.4) is 0 Å². The summed E-state index contributed by atoms with van der Waals surface area (Å²) in [4.78, 5) is 23.5. The highest BCUT2D eigenvalue weighted by Gasteiger charge is 2.10. The van der Waals surface area contributed by atoms with Crippen LogP contribution in [-0.2, 0) is 10.5 Å². The van der Waals surface area contributed by atoms with Crippen LogP contribution >= 0.6 is 23.4 Å². The van der Waals surface area contributed by atoms with Gasteiger partial charge >= 0.3 is 0 Å². The summed E-state index contributed by atoms with van der Waals surface area (Å²) >= 11 is 7.38. The fraction of sp³-hybridized carbons (Fsp3) is 0.125. The summed E-state index contributed by atoms with van der Waals surface area (Å²) in [6, 6.07) is 16.5. The highest BCUT2D eigenvalue weighted by atomic mass is 35.5. The molecule has 2 aromatic rings. The Bertz CT molecular complexity index is 650. The van der Waals surface area contributed by atoms with Crippen LogP contribution in [0.5, 0.6) is 0 Å². The Morgan fingerprint density at radius 2 is 1.64 bits per heavy atom. The van der Waals surface area contributed by atoms with Gasteiger partial charge in [0.15, 0.2) is 0 Å². The maximum absolute atomic E-state index is 11.8. The van der Waals surface area contributed by atoms with Crippen LogP contribution in [0.4, 0.5) is 0 Å². The molecule has 0 radical (unpaired) electrons. The van der Waals surface area contributed by atoms with E-state index in [-0.39, 0.29) is 11.7 Å². The van der Waals surface area contributed by atoms with Gasteiger partial charge in [0, 0.05) is 5.75 Å². The summed E-state index contributed by atoms with van der Waals surface area (Å²) in [6.07, 6.45) is 0. The van der Waals surface area contributed by atoms with E-state index in [4.69, 9.17) is 11.6 Å². The predicted molar refractivity (Wildman–Crippen MR) is 89.7 cm³/mol. The zero-order chi connectivity index (χ0) is 15.8. The first-order valence-electron chi connectivity index (χ1n) is 6.62. The van der Waals surface area contributed by atoms with Gasteiger partial charge in [0.2, 0.25) is 5.91 Å². The van der Waals surface area contributed by atoms with Crippen molar-refractivity contribution in [3.8, 4) is 0 Å². The predicted octanol–water partition coefficient (Wildman–Crippen LogP) is 3.03. The minimum atomic E-state index is -0.438. The number of halogens is 1. The smallest absolute Gasteiger partial charge is 0.271 e. The van der Waals surface area contributed by atoms with Crippen molar-refractivity contribution in [2.24, 2.45) is 0 Å². The average Bonchev–Trinajstić information content (AvgIpc) is 2.54. The summed E-state index contributed by atoms with van der Waals surface area (Å²) < 4.78 is 0. The lowest BCUT2D eigenvalue weighted by Crippen LogP contribution is -2.42. The van der Waals surface area contributed by atoms with Crippen LogP contribution in [-0.4, -0.2) is 17.6 Å². The number of carbonyl (C=O) groups is 2. The first-order valence-corrected chi connectivity index (χ1v) is 8.15.